The van der Waals surface area contributed by atoms with Crippen molar-refractivity contribution in [2.45, 2.75) is 0 Å². The second kappa shape index (κ2) is 14.9. The molecule has 6 nitrogen and oxygen atoms in total. The lowest BCUT2D eigenvalue weighted by Gasteiger charge is -2.39. The van der Waals surface area contributed by atoms with Crippen molar-refractivity contribution in [1.82, 2.24) is 9.13 Å². The molecule has 0 bridgehead atoms. The van der Waals surface area contributed by atoms with Gasteiger partial charge >= 0.3 is 0 Å². The van der Waals surface area contributed by atoms with Crippen molar-refractivity contribution in [2.75, 3.05) is 9.80 Å². The first kappa shape index (κ1) is 40.0. The lowest BCUT2D eigenvalue weighted by atomic mass is 9.32. The molecule has 2 aromatic heterocycles. The predicted octanol–water partition coefficient (Wildman–Crippen LogP) is 12.7. The van der Waals surface area contributed by atoms with E-state index in [2.05, 4.69) is 262 Å². The van der Waals surface area contributed by atoms with Crippen molar-refractivity contribution >= 4 is 124 Å². The van der Waals surface area contributed by atoms with Gasteiger partial charge in [-0.25, -0.2) is 0 Å². The Hall–Kier alpha value is -9.65. The Morgan fingerprint density at radius 3 is 1.04 bits per heavy atom. The lowest BCUT2D eigenvalue weighted by molar-refractivity contribution is 0.424. The zero-order valence-corrected chi connectivity index (χ0v) is 39.9. The quantitative estimate of drug-likeness (QED) is 0.156. The zero-order valence-electron chi connectivity index (χ0n) is 39.9. The van der Waals surface area contributed by atoms with Gasteiger partial charge in [0.25, 0.3) is 13.4 Å². The highest BCUT2D eigenvalue weighted by atomic mass is 16.5. The van der Waals surface area contributed by atoms with Crippen LogP contribution >= 0.6 is 0 Å². The molecule has 0 saturated carbocycles. The molecule has 74 heavy (non-hydrogen) atoms. The number of nitrogens with zero attached hydrogens (tertiary/aromatic N) is 4. The van der Waals surface area contributed by atoms with Gasteiger partial charge in [0, 0.05) is 78.8 Å². The summed E-state index contributed by atoms with van der Waals surface area (Å²) in [6.45, 7) is -0.275. The van der Waals surface area contributed by atoms with Crippen LogP contribution in [0, 0.1) is 0 Å². The summed E-state index contributed by atoms with van der Waals surface area (Å²) in [4.78, 5) is 4.69. The zero-order chi connectivity index (χ0) is 48.2. The molecule has 0 saturated heterocycles. The van der Waals surface area contributed by atoms with Crippen LogP contribution in [0.5, 0.6) is 23.0 Å². The van der Waals surface area contributed by atoms with Gasteiger partial charge in [-0.3, -0.25) is 0 Å². The number of rotatable bonds is 6. The average molecular weight is 943 g/mol. The van der Waals surface area contributed by atoms with Gasteiger partial charge in [-0.15, -0.1) is 0 Å². The van der Waals surface area contributed by atoms with E-state index >= 15 is 0 Å². The fourth-order valence-electron chi connectivity index (χ4n) is 13.3. The summed E-state index contributed by atoms with van der Waals surface area (Å²) in [5.74, 6) is 3.15. The van der Waals surface area contributed by atoms with Gasteiger partial charge < -0.3 is 28.4 Å². The first-order valence-corrected chi connectivity index (χ1v) is 25.5. The molecule has 0 amide bonds. The first-order valence-electron chi connectivity index (χ1n) is 25.5. The topological polar surface area (TPSA) is 34.8 Å². The van der Waals surface area contributed by atoms with E-state index in [1.807, 2.05) is 0 Å². The van der Waals surface area contributed by atoms with Gasteiger partial charge in [0.2, 0.25) is 0 Å². The highest BCUT2D eigenvalue weighted by Gasteiger charge is 2.47. The summed E-state index contributed by atoms with van der Waals surface area (Å²) in [5, 5.41) is 4.93. The van der Waals surface area contributed by atoms with Crippen molar-refractivity contribution < 1.29 is 9.47 Å². The van der Waals surface area contributed by atoms with Crippen LogP contribution in [0.4, 0.5) is 34.1 Å². The SMILES string of the molecule is c1ccc(N(c2ccccc2)c2cc3c4c(c2)-n2c5ccccc5c5cccc(c52)B4c2ccc4c(c2O3)Oc2cc(N(c3ccccc3)c3ccccc3)cc3c2B4c2cccc4c5ccccc5n-3c24)cc1. The fourth-order valence-corrected chi connectivity index (χ4v) is 13.3. The Morgan fingerprint density at radius 1 is 0.297 bits per heavy atom. The third kappa shape index (κ3) is 5.35. The van der Waals surface area contributed by atoms with Crippen LogP contribution in [0.1, 0.15) is 0 Å². The van der Waals surface area contributed by atoms with E-state index in [1.165, 1.54) is 54.5 Å². The molecular formula is C66H40B2N4O2. The van der Waals surface area contributed by atoms with E-state index in [-0.39, 0.29) is 13.4 Å². The minimum Gasteiger partial charge on any atom is -0.454 e. The number of anilines is 6. The molecule has 4 aliphatic heterocycles. The number of para-hydroxylation sites is 8. The van der Waals surface area contributed by atoms with E-state index in [0.29, 0.717) is 0 Å². The molecular weight excluding hydrogens is 902 g/mol. The number of aromatic nitrogens is 2. The van der Waals surface area contributed by atoms with Gasteiger partial charge in [0.1, 0.15) is 11.5 Å². The molecule has 8 heteroatoms. The van der Waals surface area contributed by atoms with Crippen LogP contribution < -0.4 is 52.1 Å². The predicted molar refractivity (Wildman–Crippen MR) is 307 cm³/mol. The van der Waals surface area contributed by atoms with Gasteiger partial charge in [-0.1, -0.05) is 158 Å². The van der Waals surface area contributed by atoms with E-state index in [9.17, 15) is 0 Å². The smallest absolute Gasteiger partial charge is 0.256 e. The maximum atomic E-state index is 7.67. The Labute approximate surface area is 427 Å². The monoisotopic (exact) mass is 942 g/mol. The standard InChI is InChI=1S/C66H40B2N4O2/c1-5-19-41(20-6-1)69(42-21-7-2-8-22-42)45-37-57-61-59(39-45)73-65-53(67(61)51-31-17-29-49-47-27-13-15-33-55(47)71(57)63(49)51)35-36-54-66(65)74-60-40-46(70(43-23-9-3-10-24-43)44-25-11-4-12-26-44)38-58-62(60)68(54)52-32-18-30-50-48-28-14-16-34-56(48)72(58)64(50)52/h1-40H. The first-order chi connectivity index (χ1) is 36.7. The summed E-state index contributed by atoms with van der Waals surface area (Å²) in [5.41, 5.74) is 20.3. The Morgan fingerprint density at radius 2 is 0.649 bits per heavy atom. The second-order valence-corrected chi connectivity index (χ2v) is 19.9. The summed E-state index contributed by atoms with van der Waals surface area (Å²) < 4.78 is 20.3. The van der Waals surface area contributed by atoms with E-state index in [1.54, 1.807) is 0 Å². The molecule has 11 aromatic carbocycles. The van der Waals surface area contributed by atoms with E-state index in [0.717, 1.165) is 90.3 Å². The van der Waals surface area contributed by atoms with Crippen LogP contribution in [0.25, 0.3) is 55.0 Å². The molecule has 13 aromatic rings. The second-order valence-electron chi connectivity index (χ2n) is 19.9. The summed E-state index contributed by atoms with van der Waals surface area (Å²) >= 11 is 0. The van der Waals surface area contributed by atoms with Gasteiger partial charge in [-0.2, -0.15) is 0 Å². The molecule has 17 rings (SSSR count). The van der Waals surface area contributed by atoms with E-state index < -0.39 is 0 Å². The van der Waals surface area contributed by atoms with Crippen molar-refractivity contribution in [3.63, 3.8) is 0 Å². The van der Waals surface area contributed by atoms with Gasteiger partial charge in [0.15, 0.2) is 11.5 Å². The molecule has 0 radical (unpaired) electrons. The number of fused-ring (bicyclic) bond motifs is 15. The Bertz CT molecular complexity index is 4150. The van der Waals surface area contributed by atoms with Crippen molar-refractivity contribution in [3.8, 4) is 34.4 Å². The van der Waals surface area contributed by atoms with Crippen molar-refractivity contribution in [1.29, 1.82) is 0 Å². The van der Waals surface area contributed by atoms with Crippen molar-refractivity contribution in [3.05, 3.63) is 243 Å². The lowest BCUT2D eigenvalue weighted by Crippen LogP contribution is -2.61. The Balaban J connectivity index is 0.953. The van der Waals surface area contributed by atoms with Gasteiger partial charge in [0.05, 0.1) is 22.4 Å². The molecule has 0 spiro atoms. The van der Waals surface area contributed by atoms with Crippen LogP contribution in [0.15, 0.2) is 243 Å². The normalized spacial score (nSPS) is 13.0. The molecule has 0 atom stereocenters. The van der Waals surface area contributed by atoms with E-state index in [4.69, 9.17) is 9.47 Å². The highest BCUT2D eigenvalue weighted by Crippen LogP contribution is 2.48. The number of benzene rings is 11. The largest absolute Gasteiger partial charge is 0.454 e. The maximum absolute atomic E-state index is 7.67. The molecule has 6 heterocycles. The number of hydrogen-bond acceptors (Lipinski definition) is 4. The van der Waals surface area contributed by atoms with Crippen molar-refractivity contribution in [2.24, 2.45) is 0 Å². The minimum atomic E-state index is -0.138. The number of hydrogen-bond donors (Lipinski definition) is 0. The fraction of sp³-hybridized carbons (Fsp3) is 0. The van der Waals surface area contributed by atoms with Crippen LogP contribution in [0.2, 0.25) is 0 Å². The average Bonchev–Trinajstić information content (AvgIpc) is 3.99. The molecule has 0 N–H and O–H groups in total. The maximum Gasteiger partial charge on any atom is 0.256 e. The third-order valence-corrected chi connectivity index (χ3v) is 16.1. The number of ether oxygens (including phenoxy) is 2. The summed E-state index contributed by atoms with van der Waals surface area (Å²) in [6.07, 6.45) is 0. The van der Waals surface area contributed by atoms with Gasteiger partial charge in [-0.05, 0) is 106 Å². The third-order valence-electron chi connectivity index (χ3n) is 16.1. The molecule has 342 valence electrons. The minimum absolute atomic E-state index is 0.138. The molecule has 0 fully saturated rings. The Kier molecular flexibility index (Phi) is 8.08. The molecule has 4 aliphatic rings. The summed E-state index contributed by atoms with van der Waals surface area (Å²) in [7, 11) is 0. The van der Waals surface area contributed by atoms with Crippen LogP contribution in [-0.2, 0) is 0 Å². The highest BCUT2D eigenvalue weighted by molar-refractivity contribution is 7.01. The molecule has 0 unspecified atom stereocenters. The molecule has 0 aliphatic carbocycles. The summed E-state index contributed by atoms with van der Waals surface area (Å²) in [6, 6.07) is 87.9. The van der Waals surface area contributed by atoms with Crippen LogP contribution in [0.3, 0.4) is 0 Å². The van der Waals surface area contributed by atoms with Crippen LogP contribution in [-0.4, -0.2) is 22.6 Å².